The highest BCUT2D eigenvalue weighted by Gasteiger charge is 2.25. The minimum absolute atomic E-state index is 0.563. The van der Waals surface area contributed by atoms with Gasteiger partial charge in [0.1, 0.15) is 5.69 Å². The van der Waals surface area contributed by atoms with Crippen molar-refractivity contribution in [3.63, 3.8) is 0 Å². The first kappa shape index (κ1) is 90.0. The molecule has 0 atom stereocenters. The number of benzene rings is 13. The van der Waals surface area contributed by atoms with Crippen molar-refractivity contribution in [3.8, 4) is 80.1 Å². The molecule has 13 aromatic carbocycles. The molecule has 0 aliphatic heterocycles. The molecule has 0 radical (unpaired) electrons. The number of hydrogen-bond acceptors (Lipinski definition) is 22. The van der Waals surface area contributed by atoms with Gasteiger partial charge in [0.2, 0.25) is 0 Å². The van der Waals surface area contributed by atoms with Crippen LogP contribution in [0.4, 0.5) is 0 Å². The summed E-state index contributed by atoms with van der Waals surface area (Å²) in [5.74, 6) is 4.96. The molecule has 0 aliphatic carbocycles. The highest BCUT2D eigenvalue weighted by Crippen LogP contribution is 2.46. The van der Waals surface area contributed by atoms with Crippen molar-refractivity contribution in [1.29, 1.82) is 0 Å². The van der Waals surface area contributed by atoms with Crippen LogP contribution in [0.2, 0.25) is 0 Å². The number of rotatable bonds is 8. The van der Waals surface area contributed by atoms with E-state index in [1.807, 2.05) is 87.5 Å². The van der Waals surface area contributed by atoms with E-state index >= 15 is 0 Å². The summed E-state index contributed by atoms with van der Waals surface area (Å²) in [4.78, 5) is 74.3. The van der Waals surface area contributed by atoms with E-state index in [-0.39, 0.29) is 0 Å². The molecule has 24 heteroatoms. The molecule has 30 aromatic rings. The van der Waals surface area contributed by atoms with Crippen LogP contribution in [0.15, 0.2) is 389 Å². The maximum atomic E-state index is 5.12. The number of para-hydroxylation sites is 4. The van der Waals surface area contributed by atoms with Crippen LogP contribution in [-0.4, -0.2) is 88.9 Å². The fraction of sp³-hybridized carbons (Fsp3) is 0.0492. The van der Waals surface area contributed by atoms with Crippen molar-refractivity contribution >= 4 is 233 Å². The van der Waals surface area contributed by atoms with Crippen molar-refractivity contribution in [2.24, 2.45) is 0 Å². The molecule has 17 aromatic heterocycles. The number of aryl methyl sites for hydroxylation is 6. The number of nitrogens with zero attached hydrogens (tertiary/aromatic N) is 18. The summed E-state index contributed by atoms with van der Waals surface area (Å²) in [6.07, 6.45) is 8.71. The number of pyridine rings is 2. The molecule has 30 rings (SSSR count). The van der Waals surface area contributed by atoms with Crippen LogP contribution in [0.5, 0.6) is 0 Å². The predicted molar refractivity (Wildman–Crippen MR) is 610 cm³/mol. The summed E-state index contributed by atoms with van der Waals surface area (Å²) >= 11 is 10.5. The maximum Gasteiger partial charge on any atom is 0.198 e. The standard InChI is InChI=1S/2C29H19N3S.C17H12N2S.2C16H11N3S.C15H10N4S/c1-18-28-27(21-13-6-8-17-25(21)33-28)31-29(30-18)22-14-9-16-24-26(22)20-12-5-7-15-23(20)32(24)19-10-3-2-4-11-19;1-18-28-27(23-12-6-8-14-26(23)33-28)31-29(30-18)19-15-16-22-21-11-5-7-13-24(21)32(25(22)17-19)20-9-3-2-4-10-20;1-11-16-15(13-9-5-6-10-14(13)20-16)19-17(18-11)12-7-3-2-4-8-12;1-10-15-14(11-6-2-3-8-13(11)20-15)19-16(18-10)12-7-4-5-9-17-12;1-10-15-14(12-4-2-3-5-13(12)20-15)19-16(18-10)11-6-8-17-9-7-11;1-9-13-12(10-5-2-3-6-11(10)20-13)19-15(18-9)14-16-7-4-8-17-14/h2*2-17H,1H3;2-10H,1H3;2*2-9H,1H3;2-8H,1H3. The van der Waals surface area contributed by atoms with Crippen molar-refractivity contribution in [2.75, 3.05) is 0 Å². The summed E-state index contributed by atoms with van der Waals surface area (Å²) in [7, 11) is 0. The quantitative estimate of drug-likeness (QED) is 0.138. The lowest BCUT2D eigenvalue weighted by atomic mass is 10.1. The summed E-state index contributed by atoms with van der Waals surface area (Å²) < 4.78 is 19.1. The van der Waals surface area contributed by atoms with Gasteiger partial charge in [-0.1, -0.05) is 243 Å². The zero-order valence-electron chi connectivity index (χ0n) is 79.4. The monoisotopic (exact) mass is 1990 g/mol. The summed E-state index contributed by atoms with van der Waals surface area (Å²) in [6, 6.07) is 123. The van der Waals surface area contributed by atoms with Crippen LogP contribution in [0, 0.1) is 41.5 Å². The Morgan fingerprint density at radius 3 is 0.945 bits per heavy atom. The van der Waals surface area contributed by atoms with Gasteiger partial charge < -0.3 is 9.13 Å². The number of hydrogen-bond donors (Lipinski definition) is 0. The Bertz CT molecular complexity index is 9600. The SMILES string of the molecule is Cc1nc(-c2ccc3c4ccccc4n(-c4ccccc4)c3c2)nc2c1sc1ccccc12.Cc1nc(-c2cccc3c2c2ccccc2n3-c2ccccc2)nc2c1sc1ccccc12.Cc1nc(-c2ccccc2)nc2c1sc1ccccc12.Cc1nc(-c2ccccn2)nc2c1sc1ccccc12.Cc1nc(-c2ccncc2)nc2c1sc1ccccc12.Cc1nc(-c2ncccn2)nc2c1sc1ccccc12. The van der Waals surface area contributed by atoms with Crippen molar-refractivity contribution < 1.29 is 0 Å². The van der Waals surface area contributed by atoms with Gasteiger partial charge >= 0.3 is 0 Å². The Hall–Kier alpha value is -17.4. The molecule has 146 heavy (non-hydrogen) atoms. The van der Waals surface area contributed by atoms with Gasteiger partial charge in [0.25, 0.3) is 0 Å². The molecule has 0 spiro atoms. The molecule has 0 unspecified atom stereocenters. The molecular weight excluding hydrogens is 1910 g/mol. The van der Waals surface area contributed by atoms with E-state index < -0.39 is 0 Å². The molecule has 0 saturated carbocycles. The van der Waals surface area contributed by atoms with Gasteiger partial charge in [-0.3, -0.25) is 9.97 Å². The van der Waals surface area contributed by atoms with E-state index in [0.29, 0.717) is 17.5 Å². The van der Waals surface area contributed by atoms with Gasteiger partial charge in [0.15, 0.2) is 40.8 Å². The number of thiophene rings is 6. The first-order valence-corrected chi connectivity index (χ1v) is 52.6. The number of fused-ring (bicyclic) bond motifs is 24. The lowest BCUT2D eigenvalue weighted by Gasteiger charge is -2.09. The molecule has 696 valence electrons. The molecule has 0 fully saturated rings. The second-order valence-electron chi connectivity index (χ2n) is 35.1. The van der Waals surface area contributed by atoms with E-state index in [1.165, 1.54) is 107 Å². The molecule has 18 nitrogen and oxygen atoms in total. The molecule has 17 heterocycles. The molecule has 0 saturated heterocycles. The van der Waals surface area contributed by atoms with Gasteiger partial charge in [-0.15, -0.1) is 68.0 Å². The van der Waals surface area contributed by atoms with Crippen molar-refractivity contribution in [3.05, 3.63) is 423 Å². The average Bonchev–Trinajstić information content (AvgIpc) is 1.57. The van der Waals surface area contributed by atoms with E-state index in [4.69, 9.17) is 34.9 Å². The lowest BCUT2D eigenvalue weighted by Crippen LogP contribution is -1.96. The van der Waals surface area contributed by atoms with Gasteiger partial charge in [0, 0.05) is 147 Å². The zero-order chi connectivity index (χ0) is 98.0. The van der Waals surface area contributed by atoms with E-state index in [2.05, 4.69) is 360 Å². The second-order valence-corrected chi connectivity index (χ2v) is 41.5. The van der Waals surface area contributed by atoms with Crippen LogP contribution in [0.25, 0.3) is 246 Å². The Balaban J connectivity index is 0.0000000929. The fourth-order valence-electron chi connectivity index (χ4n) is 19.1. The van der Waals surface area contributed by atoms with Crippen LogP contribution in [0.1, 0.15) is 34.2 Å². The highest BCUT2D eigenvalue weighted by atomic mass is 32.1. The van der Waals surface area contributed by atoms with Crippen molar-refractivity contribution in [2.45, 2.75) is 41.5 Å². The van der Waals surface area contributed by atoms with Crippen molar-refractivity contribution in [1.82, 2.24) is 88.9 Å². The van der Waals surface area contributed by atoms with Gasteiger partial charge in [-0.05, 0) is 157 Å². The third-order valence-corrected chi connectivity index (χ3v) is 33.5. The van der Waals surface area contributed by atoms with E-state index in [9.17, 15) is 0 Å². The Labute approximate surface area is 859 Å². The molecular formula is C122H82N18S6. The summed E-state index contributed by atoms with van der Waals surface area (Å²) in [5.41, 5.74) is 24.3. The summed E-state index contributed by atoms with van der Waals surface area (Å²) in [5, 5.41) is 12.1. The minimum atomic E-state index is 0.563. The normalized spacial score (nSPS) is 11.5. The smallest absolute Gasteiger partial charge is 0.198 e. The van der Waals surface area contributed by atoms with E-state index in [1.54, 1.807) is 105 Å². The predicted octanol–water partition coefficient (Wildman–Crippen LogP) is 32.7. The van der Waals surface area contributed by atoms with Gasteiger partial charge in [-0.25, -0.2) is 69.8 Å². The second kappa shape index (κ2) is 38.5. The third-order valence-electron chi connectivity index (χ3n) is 25.9. The summed E-state index contributed by atoms with van der Waals surface area (Å²) in [6.45, 7) is 12.3. The largest absolute Gasteiger partial charge is 0.309 e. The first-order valence-electron chi connectivity index (χ1n) is 47.7. The lowest BCUT2D eigenvalue weighted by molar-refractivity contribution is 1.08. The topological polar surface area (TPSA) is 216 Å². The minimum Gasteiger partial charge on any atom is -0.309 e. The van der Waals surface area contributed by atoms with E-state index in [0.717, 1.165) is 156 Å². The van der Waals surface area contributed by atoms with Crippen LogP contribution in [-0.2, 0) is 0 Å². The molecule has 0 N–H and O–H groups in total. The van der Waals surface area contributed by atoms with Crippen LogP contribution in [0.3, 0.4) is 0 Å². The van der Waals surface area contributed by atoms with Gasteiger partial charge in [0.05, 0.1) is 118 Å². The van der Waals surface area contributed by atoms with Crippen LogP contribution < -0.4 is 0 Å². The average molecular weight is 1990 g/mol. The highest BCUT2D eigenvalue weighted by molar-refractivity contribution is 7.28. The molecule has 0 aliphatic rings. The Morgan fingerprint density at radius 1 is 0.192 bits per heavy atom. The zero-order valence-corrected chi connectivity index (χ0v) is 84.3. The Kier molecular flexibility index (Phi) is 23.7. The first-order chi connectivity index (χ1) is 71.9. The fourth-order valence-corrected chi connectivity index (χ4v) is 25.6. The Morgan fingerprint density at radius 2 is 0.507 bits per heavy atom. The maximum absolute atomic E-state index is 5.12. The third kappa shape index (κ3) is 16.7. The van der Waals surface area contributed by atoms with Crippen LogP contribution >= 0.6 is 68.0 Å². The van der Waals surface area contributed by atoms with Gasteiger partial charge in [-0.2, -0.15) is 0 Å². The number of aromatic nitrogens is 18. The molecule has 0 amide bonds. The molecule has 0 bridgehead atoms.